The fraction of sp³-hybridized carbons (Fsp3) is 0.600. The predicted octanol–water partition coefficient (Wildman–Crippen LogP) is 1.42. The Bertz CT molecular complexity index is 329. The number of aliphatic hydroxyl groups is 1. The monoisotopic (exact) mass is 242 g/mol. The first-order valence-corrected chi connectivity index (χ1v) is 6.24. The van der Waals surface area contributed by atoms with E-state index in [0.717, 1.165) is 5.82 Å². The number of anilines is 2. The van der Waals surface area contributed by atoms with Gasteiger partial charge in [0.25, 0.3) is 0 Å². The van der Waals surface area contributed by atoms with Crippen molar-refractivity contribution in [1.82, 2.24) is 9.97 Å². The number of hydrogen-bond donors (Lipinski definition) is 3. The van der Waals surface area contributed by atoms with E-state index in [1.165, 1.54) is 11.8 Å². The smallest absolute Gasteiger partial charge is 0.191 e. The van der Waals surface area contributed by atoms with Crippen LogP contribution in [0.15, 0.2) is 11.2 Å². The van der Waals surface area contributed by atoms with E-state index in [2.05, 4.69) is 20.6 Å². The van der Waals surface area contributed by atoms with Crippen LogP contribution in [-0.2, 0) is 0 Å². The number of nitrogens with one attached hydrogen (secondary N) is 2. The molecule has 0 amide bonds. The zero-order valence-corrected chi connectivity index (χ0v) is 10.9. The van der Waals surface area contributed by atoms with Gasteiger partial charge in [-0.25, -0.2) is 9.97 Å². The summed E-state index contributed by atoms with van der Waals surface area (Å²) in [6.45, 7) is 3.94. The van der Waals surface area contributed by atoms with Crippen molar-refractivity contribution in [1.29, 1.82) is 0 Å². The zero-order chi connectivity index (χ0) is 12.2. The average molecular weight is 242 g/mol. The molecule has 0 aliphatic carbocycles. The van der Waals surface area contributed by atoms with Crippen molar-refractivity contribution >= 4 is 23.4 Å². The topological polar surface area (TPSA) is 70.1 Å². The SMILES string of the molecule is CNc1cc(NCC(C)(C)O)nc(SC)n1. The summed E-state index contributed by atoms with van der Waals surface area (Å²) in [5, 5.41) is 16.4. The summed E-state index contributed by atoms with van der Waals surface area (Å²) in [7, 11) is 1.81. The van der Waals surface area contributed by atoms with Gasteiger partial charge in [0.05, 0.1) is 5.60 Å². The molecule has 6 heteroatoms. The molecule has 1 aromatic rings. The van der Waals surface area contributed by atoms with E-state index in [1.54, 1.807) is 13.8 Å². The molecule has 16 heavy (non-hydrogen) atoms. The van der Waals surface area contributed by atoms with Gasteiger partial charge in [0, 0.05) is 19.7 Å². The Labute approximate surface area is 100 Å². The molecule has 0 bridgehead atoms. The van der Waals surface area contributed by atoms with Crippen molar-refractivity contribution in [3.8, 4) is 0 Å². The summed E-state index contributed by atoms with van der Waals surface area (Å²) in [5.74, 6) is 1.48. The number of hydrogen-bond acceptors (Lipinski definition) is 6. The summed E-state index contributed by atoms with van der Waals surface area (Å²) in [6.07, 6.45) is 1.93. The van der Waals surface area contributed by atoms with Crippen LogP contribution in [0.25, 0.3) is 0 Å². The zero-order valence-electron chi connectivity index (χ0n) is 10.0. The fourth-order valence-electron chi connectivity index (χ4n) is 1.04. The summed E-state index contributed by atoms with van der Waals surface area (Å²) >= 11 is 1.48. The molecule has 0 atom stereocenters. The number of aromatic nitrogens is 2. The van der Waals surface area contributed by atoms with Crippen molar-refractivity contribution in [3.63, 3.8) is 0 Å². The van der Waals surface area contributed by atoms with Gasteiger partial charge in [0.2, 0.25) is 0 Å². The third kappa shape index (κ3) is 4.24. The van der Waals surface area contributed by atoms with Crippen LogP contribution in [0, 0.1) is 0 Å². The quantitative estimate of drug-likeness (QED) is 0.536. The molecule has 90 valence electrons. The van der Waals surface area contributed by atoms with Crippen LogP contribution in [0.5, 0.6) is 0 Å². The van der Waals surface area contributed by atoms with Gasteiger partial charge in [0.1, 0.15) is 11.6 Å². The molecule has 0 aliphatic rings. The summed E-state index contributed by atoms with van der Waals surface area (Å²) in [5.41, 5.74) is -0.760. The molecule has 0 radical (unpaired) electrons. The van der Waals surface area contributed by atoms with Gasteiger partial charge in [-0.05, 0) is 20.1 Å². The molecule has 0 aliphatic heterocycles. The van der Waals surface area contributed by atoms with E-state index in [1.807, 2.05) is 19.4 Å². The van der Waals surface area contributed by atoms with Gasteiger partial charge < -0.3 is 15.7 Å². The Balaban J connectivity index is 2.79. The Hall–Kier alpha value is -1.01. The lowest BCUT2D eigenvalue weighted by molar-refractivity contribution is 0.0944. The summed E-state index contributed by atoms with van der Waals surface area (Å²) in [4.78, 5) is 8.55. The summed E-state index contributed by atoms with van der Waals surface area (Å²) < 4.78 is 0. The Kier molecular flexibility index (Phi) is 4.37. The minimum absolute atomic E-state index is 0.445. The van der Waals surface area contributed by atoms with Crippen LogP contribution in [0.1, 0.15) is 13.8 Å². The maximum atomic E-state index is 9.61. The number of thioether (sulfide) groups is 1. The molecule has 0 spiro atoms. The van der Waals surface area contributed by atoms with Crippen molar-refractivity contribution in [2.45, 2.75) is 24.6 Å². The Morgan fingerprint density at radius 1 is 1.38 bits per heavy atom. The second-order valence-electron chi connectivity index (χ2n) is 4.04. The third-order valence-corrected chi connectivity index (χ3v) is 2.39. The lowest BCUT2D eigenvalue weighted by atomic mass is 10.1. The highest BCUT2D eigenvalue weighted by molar-refractivity contribution is 7.98. The minimum Gasteiger partial charge on any atom is -0.389 e. The number of rotatable bonds is 5. The third-order valence-electron chi connectivity index (χ3n) is 1.85. The Morgan fingerprint density at radius 2 is 2.00 bits per heavy atom. The molecule has 3 N–H and O–H groups in total. The van der Waals surface area contributed by atoms with Crippen LogP contribution in [0.3, 0.4) is 0 Å². The van der Waals surface area contributed by atoms with E-state index in [-0.39, 0.29) is 0 Å². The maximum Gasteiger partial charge on any atom is 0.191 e. The van der Waals surface area contributed by atoms with E-state index in [4.69, 9.17) is 0 Å². The molecule has 1 aromatic heterocycles. The molecular formula is C10H18N4OS. The molecule has 1 rings (SSSR count). The van der Waals surface area contributed by atoms with E-state index >= 15 is 0 Å². The van der Waals surface area contributed by atoms with Gasteiger partial charge in [-0.2, -0.15) is 0 Å². The van der Waals surface area contributed by atoms with E-state index in [9.17, 15) is 5.11 Å². The standard InChI is InChI=1S/C10H18N4OS/c1-10(2,15)6-12-8-5-7(11-3)13-9(14-8)16-4/h5,15H,6H2,1-4H3,(H2,11,12,13,14). The molecule has 0 saturated heterocycles. The van der Waals surface area contributed by atoms with Crippen LogP contribution in [0.4, 0.5) is 11.6 Å². The Morgan fingerprint density at radius 3 is 2.50 bits per heavy atom. The molecule has 0 fully saturated rings. The second-order valence-corrected chi connectivity index (χ2v) is 4.81. The predicted molar refractivity (Wildman–Crippen MR) is 68.1 cm³/mol. The largest absolute Gasteiger partial charge is 0.389 e. The molecule has 0 saturated carbocycles. The fourth-order valence-corrected chi connectivity index (χ4v) is 1.42. The molecule has 0 unspecified atom stereocenters. The van der Waals surface area contributed by atoms with Gasteiger partial charge in [-0.1, -0.05) is 11.8 Å². The second kappa shape index (κ2) is 5.36. The lowest BCUT2D eigenvalue weighted by Gasteiger charge is -2.18. The maximum absolute atomic E-state index is 9.61. The highest BCUT2D eigenvalue weighted by Gasteiger charge is 2.12. The van der Waals surface area contributed by atoms with Crippen molar-refractivity contribution in [2.24, 2.45) is 0 Å². The average Bonchev–Trinajstić information content (AvgIpc) is 2.25. The van der Waals surface area contributed by atoms with Gasteiger partial charge in [-0.15, -0.1) is 0 Å². The van der Waals surface area contributed by atoms with Crippen LogP contribution >= 0.6 is 11.8 Å². The van der Waals surface area contributed by atoms with Gasteiger partial charge in [0.15, 0.2) is 5.16 Å². The summed E-state index contributed by atoms with van der Waals surface area (Å²) in [6, 6.07) is 1.81. The van der Waals surface area contributed by atoms with Crippen molar-refractivity contribution < 1.29 is 5.11 Å². The first kappa shape index (κ1) is 13.1. The molecular weight excluding hydrogens is 224 g/mol. The highest BCUT2D eigenvalue weighted by Crippen LogP contribution is 2.17. The molecule has 0 aromatic carbocycles. The van der Waals surface area contributed by atoms with Crippen molar-refractivity contribution in [2.75, 3.05) is 30.5 Å². The van der Waals surface area contributed by atoms with E-state index < -0.39 is 5.60 Å². The highest BCUT2D eigenvalue weighted by atomic mass is 32.2. The van der Waals surface area contributed by atoms with Gasteiger partial charge in [-0.3, -0.25) is 0 Å². The van der Waals surface area contributed by atoms with E-state index in [0.29, 0.717) is 17.5 Å². The first-order chi connectivity index (χ1) is 7.44. The van der Waals surface area contributed by atoms with Crippen molar-refractivity contribution in [3.05, 3.63) is 6.07 Å². The minimum atomic E-state index is -0.760. The molecule has 5 nitrogen and oxygen atoms in total. The normalized spacial score (nSPS) is 11.3. The number of nitrogens with zero attached hydrogens (tertiary/aromatic N) is 2. The van der Waals surface area contributed by atoms with Crippen LogP contribution in [0.2, 0.25) is 0 Å². The molecule has 1 heterocycles. The van der Waals surface area contributed by atoms with Crippen LogP contribution in [-0.4, -0.2) is 40.5 Å². The van der Waals surface area contributed by atoms with Gasteiger partial charge >= 0.3 is 0 Å². The lowest BCUT2D eigenvalue weighted by Crippen LogP contribution is -2.29. The first-order valence-electron chi connectivity index (χ1n) is 5.01. The van der Waals surface area contributed by atoms with Crippen LogP contribution < -0.4 is 10.6 Å².